The molecule has 1 heterocycles. The molecule has 168 valence electrons. The van der Waals surface area contributed by atoms with Crippen molar-refractivity contribution in [2.24, 2.45) is 0 Å². The predicted octanol–water partition coefficient (Wildman–Crippen LogP) is 3.48. The molecule has 9 heteroatoms. The second kappa shape index (κ2) is 10.1. The van der Waals surface area contributed by atoms with Gasteiger partial charge in [-0.2, -0.15) is 0 Å². The smallest absolute Gasteiger partial charge is 0.291 e. The molecular weight excluding hydrogens is 432 g/mol. The third kappa shape index (κ3) is 6.21. The lowest BCUT2D eigenvalue weighted by molar-refractivity contribution is 0.0787. The summed E-state index contributed by atoms with van der Waals surface area (Å²) in [6, 6.07) is 16.1. The Hall–Kier alpha value is -3.59. The second-order valence-electron chi connectivity index (χ2n) is 7.18. The van der Waals surface area contributed by atoms with Gasteiger partial charge in [-0.15, -0.1) is 0 Å². The highest BCUT2D eigenvalue weighted by Crippen LogP contribution is 2.18. The van der Waals surface area contributed by atoms with E-state index in [1.54, 1.807) is 60.5 Å². The number of ether oxygens (including phenoxy) is 1. The SMILES string of the molecule is CN(CCCOc1cccc(S(C)(=O)=O)c1)C(=O)c1ccc(NC(=O)c2ccco2)cc1. The fraction of sp³-hybridized carbons (Fsp3) is 0.217. The summed E-state index contributed by atoms with van der Waals surface area (Å²) in [7, 11) is -1.60. The molecule has 0 bridgehead atoms. The molecule has 1 N–H and O–H groups in total. The van der Waals surface area contributed by atoms with Crippen LogP contribution in [0.4, 0.5) is 5.69 Å². The van der Waals surface area contributed by atoms with E-state index in [9.17, 15) is 18.0 Å². The maximum Gasteiger partial charge on any atom is 0.291 e. The summed E-state index contributed by atoms with van der Waals surface area (Å²) in [5.74, 6) is 0.144. The average Bonchev–Trinajstić information content (AvgIpc) is 3.31. The Morgan fingerprint density at radius 2 is 1.81 bits per heavy atom. The van der Waals surface area contributed by atoms with Crippen molar-refractivity contribution < 1.29 is 27.2 Å². The number of carbonyl (C=O) groups excluding carboxylic acids is 2. The number of amides is 2. The molecule has 2 amide bonds. The first-order valence-corrected chi connectivity index (χ1v) is 11.8. The van der Waals surface area contributed by atoms with Crippen molar-refractivity contribution in [3.8, 4) is 5.75 Å². The van der Waals surface area contributed by atoms with Gasteiger partial charge in [0.05, 0.1) is 17.8 Å². The molecule has 0 saturated heterocycles. The number of carbonyl (C=O) groups is 2. The van der Waals surface area contributed by atoms with Gasteiger partial charge < -0.3 is 19.4 Å². The topological polar surface area (TPSA) is 106 Å². The van der Waals surface area contributed by atoms with E-state index in [0.717, 1.165) is 6.26 Å². The van der Waals surface area contributed by atoms with Gasteiger partial charge in [0, 0.05) is 31.1 Å². The van der Waals surface area contributed by atoms with Crippen LogP contribution in [0.15, 0.2) is 76.2 Å². The quantitative estimate of drug-likeness (QED) is 0.494. The number of hydrogen-bond acceptors (Lipinski definition) is 6. The summed E-state index contributed by atoms with van der Waals surface area (Å²) in [6.07, 6.45) is 3.14. The Labute approximate surface area is 186 Å². The number of nitrogens with one attached hydrogen (secondary N) is 1. The van der Waals surface area contributed by atoms with E-state index in [0.29, 0.717) is 36.6 Å². The van der Waals surface area contributed by atoms with Crippen LogP contribution in [-0.4, -0.2) is 51.6 Å². The van der Waals surface area contributed by atoms with E-state index in [2.05, 4.69) is 5.32 Å². The largest absolute Gasteiger partial charge is 0.493 e. The Morgan fingerprint density at radius 1 is 1.06 bits per heavy atom. The van der Waals surface area contributed by atoms with Crippen LogP contribution in [0.1, 0.15) is 27.3 Å². The lowest BCUT2D eigenvalue weighted by Crippen LogP contribution is -2.28. The molecule has 0 aliphatic heterocycles. The molecule has 3 rings (SSSR count). The summed E-state index contributed by atoms with van der Waals surface area (Å²) in [5, 5.41) is 2.70. The Morgan fingerprint density at radius 3 is 2.47 bits per heavy atom. The van der Waals surface area contributed by atoms with Gasteiger partial charge in [-0.05, 0) is 61.0 Å². The second-order valence-corrected chi connectivity index (χ2v) is 9.20. The number of hydrogen-bond donors (Lipinski definition) is 1. The third-order valence-corrected chi connectivity index (χ3v) is 5.73. The van der Waals surface area contributed by atoms with E-state index < -0.39 is 9.84 Å². The summed E-state index contributed by atoms with van der Waals surface area (Å²) in [6.45, 7) is 0.796. The van der Waals surface area contributed by atoms with E-state index in [4.69, 9.17) is 9.15 Å². The predicted molar refractivity (Wildman–Crippen MR) is 120 cm³/mol. The van der Waals surface area contributed by atoms with E-state index >= 15 is 0 Å². The highest BCUT2D eigenvalue weighted by Gasteiger charge is 2.13. The number of anilines is 1. The van der Waals surface area contributed by atoms with Crippen LogP contribution in [-0.2, 0) is 9.84 Å². The van der Waals surface area contributed by atoms with Crippen molar-refractivity contribution in [2.75, 3.05) is 31.8 Å². The number of rotatable bonds is 9. The number of furan rings is 1. The van der Waals surface area contributed by atoms with Gasteiger partial charge in [0.1, 0.15) is 5.75 Å². The van der Waals surface area contributed by atoms with Crippen molar-refractivity contribution in [1.29, 1.82) is 0 Å². The highest BCUT2D eigenvalue weighted by atomic mass is 32.2. The standard InChI is InChI=1S/C23H24N2O6S/c1-25(13-5-15-30-19-6-3-7-20(16-19)32(2,28)29)23(27)17-9-11-18(12-10-17)24-22(26)21-8-4-14-31-21/h3-4,6-12,14,16H,5,13,15H2,1-2H3,(H,24,26). The third-order valence-electron chi connectivity index (χ3n) is 4.62. The van der Waals surface area contributed by atoms with Crippen LogP contribution in [0.25, 0.3) is 0 Å². The van der Waals surface area contributed by atoms with Gasteiger partial charge in [-0.25, -0.2) is 8.42 Å². The Kier molecular flexibility index (Phi) is 7.32. The normalized spacial score (nSPS) is 11.1. The summed E-state index contributed by atoms with van der Waals surface area (Å²) < 4.78 is 33.9. The van der Waals surface area contributed by atoms with Crippen LogP contribution >= 0.6 is 0 Å². The maximum atomic E-state index is 12.6. The zero-order valence-corrected chi connectivity index (χ0v) is 18.6. The molecule has 32 heavy (non-hydrogen) atoms. The fourth-order valence-corrected chi connectivity index (χ4v) is 3.56. The zero-order chi connectivity index (χ0) is 23.1. The molecule has 2 aromatic carbocycles. The molecule has 1 aromatic heterocycles. The van der Waals surface area contributed by atoms with E-state index in [-0.39, 0.29) is 22.5 Å². The molecule has 8 nitrogen and oxygen atoms in total. The van der Waals surface area contributed by atoms with Crippen molar-refractivity contribution in [3.05, 3.63) is 78.3 Å². The zero-order valence-electron chi connectivity index (χ0n) is 17.8. The first kappa shape index (κ1) is 23.1. The van der Waals surface area contributed by atoms with Gasteiger partial charge in [-0.3, -0.25) is 9.59 Å². The lowest BCUT2D eigenvalue weighted by atomic mass is 10.1. The number of sulfone groups is 1. The molecule has 0 fully saturated rings. The first-order chi connectivity index (χ1) is 15.2. The van der Waals surface area contributed by atoms with Crippen molar-refractivity contribution in [1.82, 2.24) is 4.90 Å². The summed E-state index contributed by atoms with van der Waals surface area (Å²) in [4.78, 5) is 26.4. The Bertz CT molecular complexity index is 1170. The van der Waals surface area contributed by atoms with Gasteiger partial charge >= 0.3 is 0 Å². The molecule has 0 radical (unpaired) electrons. The molecule has 0 aliphatic carbocycles. The Balaban J connectivity index is 1.47. The molecule has 0 atom stereocenters. The molecule has 0 aliphatic rings. The molecule has 0 unspecified atom stereocenters. The van der Waals surface area contributed by atoms with Crippen LogP contribution < -0.4 is 10.1 Å². The molecule has 0 spiro atoms. The van der Waals surface area contributed by atoms with Gasteiger partial charge in [-0.1, -0.05) is 6.07 Å². The van der Waals surface area contributed by atoms with Crippen molar-refractivity contribution in [3.63, 3.8) is 0 Å². The summed E-state index contributed by atoms with van der Waals surface area (Å²) >= 11 is 0. The molecule has 3 aromatic rings. The molecular formula is C23H24N2O6S. The minimum Gasteiger partial charge on any atom is -0.493 e. The van der Waals surface area contributed by atoms with E-state index in [1.165, 1.54) is 18.4 Å². The van der Waals surface area contributed by atoms with Gasteiger partial charge in [0.15, 0.2) is 15.6 Å². The summed E-state index contributed by atoms with van der Waals surface area (Å²) in [5.41, 5.74) is 1.04. The minimum atomic E-state index is -3.29. The van der Waals surface area contributed by atoms with Crippen molar-refractivity contribution in [2.45, 2.75) is 11.3 Å². The monoisotopic (exact) mass is 456 g/mol. The van der Waals surface area contributed by atoms with Gasteiger partial charge in [0.25, 0.3) is 11.8 Å². The number of benzene rings is 2. The van der Waals surface area contributed by atoms with Crippen LogP contribution in [0.2, 0.25) is 0 Å². The average molecular weight is 457 g/mol. The lowest BCUT2D eigenvalue weighted by Gasteiger charge is -2.17. The van der Waals surface area contributed by atoms with Gasteiger partial charge in [0.2, 0.25) is 0 Å². The molecule has 0 saturated carbocycles. The number of nitrogens with zero attached hydrogens (tertiary/aromatic N) is 1. The van der Waals surface area contributed by atoms with Crippen LogP contribution in [0.5, 0.6) is 5.75 Å². The van der Waals surface area contributed by atoms with E-state index in [1.807, 2.05) is 0 Å². The minimum absolute atomic E-state index is 0.159. The highest BCUT2D eigenvalue weighted by molar-refractivity contribution is 7.90. The van der Waals surface area contributed by atoms with Crippen LogP contribution in [0.3, 0.4) is 0 Å². The van der Waals surface area contributed by atoms with Crippen molar-refractivity contribution >= 4 is 27.3 Å². The maximum absolute atomic E-state index is 12.6. The first-order valence-electron chi connectivity index (χ1n) is 9.87. The van der Waals surface area contributed by atoms with Crippen LogP contribution in [0, 0.1) is 0 Å². The fourth-order valence-electron chi connectivity index (χ4n) is 2.90.